The maximum atomic E-state index is 12.8. The third kappa shape index (κ3) is 4.05. The molecule has 2 aliphatic heterocycles. The van der Waals surface area contributed by atoms with E-state index in [4.69, 9.17) is 0 Å². The van der Waals surface area contributed by atoms with Crippen LogP contribution in [0.2, 0.25) is 0 Å². The van der Waals surface area contributed by atoms with Crippen molar-refractivity contribution in [3.05, 3.63) is 41.4 Å². The summed E-state index contributed by atoms with van der Waals surface area (Å²) in [6, 6.07) is 9.93. The Morgan fingerprint density at radius 3 is 2.33 bits per heavy atom. The highest BCUT2D eigenvalue weighted by molar-refractivity contribution is 7.16. The molecule has 0 radical (unpaired) electrons. The van der Waals surface area contributed by atoms with E-state index in [-0.39, 0.29) is 11.8 Å². The molecule has 0 aliphatic carbocycles. The summed E-state index contributed by atoms with van der Waals surface area (Å²) in [6.07, 6.45) is 6.70. The van der Waals surface area contributed by atoms with Gasteiger partial charge in [-0.3, -0.25) is 9.59 Å². The molecule has 2 aromatic rings. The Bertz CT molecular complexity index is 791. The van der Waals surface area contributed by atoms with Crippen molar-refractivity contribution in [3.8, 4) is 10.6 Å². The van der Waals surface area contributed by atoms with Crippen molar-refractivity contribution in [1.29, 1.82) is 0 Å². The number of carbonyl (C=O) groups is 2. The van der Waals surface area contributed by atoms with Crippen LogP contribution >= 0.6 is 11.3 Å². The number of hydrogen-bond acceptors (Lipinski definition) is 4. The summed E-state index contributed by atoms with van der Waals surface area (Å²) in [5.41, 5.74) is 1.03. The van der Waals surface area contributed by atoms with Gasteiger partial charge >= 0.3 is 0 Å². The highest BCUT2D eigenvalue weighted by Gasteiger charge is 2.31. The molecule has 0 atom stereocenters. The van der Waals surface area contributed by atoms with Crippen LogP contribution in [-0.4, -0.2) is 52.8 Å². The average molecular weight is 384 g/mol. The third-order valence-electron chi connectivity index (χ3n) is 5.54. The molecule has 4 rings (SSSR count). The predicted octanol–water partition coefficient (Wildman–Crippen LogP) is 3.67. The molecule has 2 amide bonds. The van der Waals surface area contributed by atoms with Crippen LogP contribution < -0.4 is 0 Å². The Balaban J connectivity index is 1.35. The topological polar surface area (TPSA) is 53.5 Å². The lowest BCUT2D eigenvalue weighted by molar-refractivity contribution is -0.137. The number of rotatable bonds is 3. The molecule has 6 heteroatoms. The number of nitrogens with zero attached hydrogens (tertiary/aromatic N) is 3. The summed E-state index contributed by atoms with van der Waals surface area (Å²) >= 11 is 1.44. The maximum absolute atomic E-state index is 12.8. The molecular weight excluding hydrogens is 358 g/mol. The molecule has 27 heavy (non-hydrogen) atoms. The van der Waals surface area contributed by atoms with Crippen LogP contribution in [0.4, 0.5) is 0 Å². The van der Waals surface area contributed by atoms with Gasteiger partial charge in [0, 0.05) is 37.7 Å². The lowest BCUT2D eigenvalue weighted by atomic mass is 9.94. The van der Waals surface area contributed by atoms with Crippen molar-refractivity contribution in [1.82, 2.24) is 14.8 Å². The maximum Gasteiger partial charge on any atom is 0.265 e. The van der Waals surface area contributed by atoms with E-state index < -0.39 is 0 Å². The largest absolute Gasteiger partial charge is 0.342 e. The highest BCUT2D eigenvalue weighted by atomic mass is 32.1. The number of benzene rings is 1. The van der Waals surface area contributed by atoms with Gasteiger partial charge in [0.1, 0.15) is 9.88 Å². The zero-order valence-electron chi connectivity index (χ0n) is 15.5. The Hall–Kier alpha value is -2.21. The standard InChI is InChI=1S/C21H25N3O2S/c25-20(23-11-5-2-6-12-23)17-9-13-24(14-10-17)21(26)18-15-22-19(27-18)16-7-3-1-4-8-16/h1,3-4,7-8,15,17H,2,5-6,9-14H2. The first-order valence-electron chi connectivity index (χ1n) is 9.81. The highest BCUT2D eigenvalue weighted by Crippen LogP contribution is 2.28. The van der Waals surface area contributed by atoms with Gasteiger partial charge in [-0.1, -0.05) is 30.3 Å². The van der Waals surface area contributed by atoms with Gasteiger partial charge in [-0.2, -0.15) is 0 Å². The molecule has 0 spiro atoms. The van der Waals surface area contributed by atoms with Crippen molar-refractivity contribution >= 4 is 23.2 Å². The summed E-state index contributed by atoms with van der Waals surface area (Å²) in [6.45, 7) is 3.12. The number of amides is 2. The molecule has 0 bridgehead atoms. The molecule has 0 unspecified atom stereocenters. The Morgan fingerprint density at radius 1 is 0.926 bits per heavy atom. The van der Waals surface area contributed by atoms with Crippen LogP contribution in [0.3, 0.4) is 0 Å². The zero-order valence-corrected chi connectivity index (χ0v) is 16.3. The molecule has 2 saturated heterocycles. The van der Waals surface area contributed by atoms with Crippen molar-refractivity contribution in [2.75, 3.05) is 26.2 Å². The van der Waals surface area contributed by atoms with E-state index in [1.54, 1.807) is 6.20 Å². The van der Waals surface area contributed by atoms with Gasteiger partial charge in [-0.25, -0.2) is 4.98 Å². The van der Waals surface area contributed by atoms with Crippen molar-refractivity contribution < 1.29 is 9.59 Å². The van der Waals surface area contributed by atoms with E-state index in [2.05, 4.69) is 4.98 Å². The minimum Gasteiger partial charge on any atom is -0.342 e. The molecule has 0 N–H and O–H groups in total. The summed E-state index contributed by atoms with van der Waals surface area (Å²) in [5, 5.41) is 0.870. The fourth-order valence-electron chi connectivity index (χ4n) is 3.95. The number of hydrogen-bond donors (Lipinski definition) is 0. The lowest BCUT2D eigenvalue weighted by Gasteiger charge is -2.35. The van der Waals surface area contributed by atoms with Gasteiger partial charge in [0.25, 0.3) is 5.91 Å². The molecule has 5 nitrogen and oxygen atoms in total. The second kappa shape index (κ2) is 8.21. The number of carbonyl (C=O) groups excluding carboxylic acids is 2. The molecule has 142 valence electrons. The van der Waals surface area contributed by atoms with Gasteiger partial charge in [0.15, 0.2) is 0 Å². The van der Waals surface area contributed by atoms with Gasteiger partial charge in [-0.15, -0.1) is 11.3 Å². The Labute approximate surface area is 164 Å². The van der Waals surface area contributed by atoms with E-state index in [0.717, 1.165) is 49.3 Å². The second-order valence-electron chi connectivity index (χ2n) is 7.35. The van der Waals surface area contributed by atoms with Crippen LogP contribution in [0, 0.1) is 5.92 Å². The molecule has 1 aromatic heterocycles. The number of thiazole rings is 1. The second-order valence-corrected chi connectivity index (χ2v) is 8.38. The summed E-state index contributed by atoms with van der Waals surface area (Å²) in [4.78, 5) is 34.5. The lowest BCUT2D eigenvalue weighted by Crippen LogP contribution is -2.45. The first kappa shape index (κ1) is 18.2. The van der Waals surface area contributed by atoms with Crippen LogP contribution in [0.25, 0.3) is 10.6 Å². The Morgan fingerprint density at radius 2 is 1.63 bits per heavy atom. The number of likely N-dealkylation sites (tertiary alicyclic amines) is 2. The SMILES string of the molecule is O=C(c1cnc(-c2ccccc2)s1)N1CCC(C(=O)N2CCCCC2)CC1. The average Bonchev–Trinajstić information content (AvgIpc) is 3.24. The molecule has 2 aliphatic rings. The molecular formula is C21H25N3O2S. The minimum atomic E-state index is 0.0403. The van der Waals surface area contributed by atoms with Crippen LogP contribution in [-0.2, 0) is 4.79 Å². The predicted molar refractivity (Wildman–Crippen MR) is 107 cm³/mol. The van der Waals surface area contributed by atoms with Gasteiger partial charge < -0.3 is 9.80 Å². The van der Waals surface area contributed by atoms with Crippen LogP contribution in [0.1, 0.15) is 41.8 Å². The number of piperidine rings is 2. The fraction of sp³-hybridized carbons (Fsp3) is 0.476. The first-order chi connectivity index (χ1) is 13.2. The zero-order chi connectivity index (χ0) is 18.6. The van der Waals surface area contributed by atoms with Crippen molar-refractivity contribution in [3.63, 3.8) is 0 Å². The quantitative estimate of drug-likeness (QED) is 0.812. The van der Waals surface area contributed by atoms with Crippen molar-refractivity contribution in [2.24, 2.45) is 5.92 Å². The normalized spacial score (nSPS) is 18.5. The summed E-state index contributed by atoms with van der Waals surface area (Å²) < 4.78 is 0. The van der Waals surface area contributed by atoms with Gasteiger partial charge in [0.05, 0.1) is 6.20 Å². The monoisotopic (exact) mass is 383 g/mol. The first-order valence-corrected chi connectivity index (χ1v) is 10.6. The van der Waals surface area contributed by atoms with Gasteiger partial charge in [-0.05, 0) is 32.1 Å². The van der Waals surface area contributed by atoms with E-state index in [1.165, 1.54) is 17.8 Å². The van der Waals surface area contributed by atoms with Crippen LogP contribution in [0.15, 0.2) is 36.5 Å². The minimum absolute atomic E-state index is 0.0403. The third-order valence-corrected chi connectivity index (χ3v) is 6.57. The molecule has 1 aromatic carbocycles. The summed E-state index contributed by atoms with van der Waals surface area (Å²) in [5.74, 6) is 0.415. The van der Waals surface area contributed by atoms with E-state index >= 15 is 0 Å². The molecule has 0 saturated carbocycles. The van der Waals surface area contributed by atoms with E-state index in [0.29, 0.717) is 23.9 Å². The molecule has 2 fully saturated rings. The van der Waals surface area contributed by atoms with Crippen molar-refractivity contribution in [2.45, 2.75) is 32.1 Å². The number of aromatic nitrogens is 1. The summed E-state index contributed by atoms with van der Waals surface area (Å²) in [7, 11) is 0. The smallest absolute Gasteiger partial charge is 0.265 e. The van der Waals surface area contributed by atoms with Crippen LogP contribution in [0.5, 0.6) is 0 Å². The fourth-order valence-corrected chi connectivity index (χ4v) is 4.83. The van der Waals surface area contributed by atoms with E-state index in [9.17, 15) is 9.59 Å². The van der Waals surface area contributed by atoms with E-state index in [1.807, 2.05) is 40.1 Å². The Kier molecular flexibility index (Phi) is 5.53. The van der Waals surface area contributed by atoms with Gasteiger partial charge in [0.2, 0.25) is 5.91 Å². The molecule has 3 heterocycles.